The summed E-state index contributed by atoms with van der Waals surface area (Å²) in [5.74, 6) is 0.716. The van der Waals surface area contributed by atoms with Gasteiger partial charge in [0.2, 0.25) is 5.95 Å². The Labute approximate surface area is 119 Å². The zero-order valence-corrected chi connectivity index (χ0v) is 11.7. The molecule has 0 atom stereocenters. The first kappa shape index (κ1) is 13.6. The van der Waals surface area contributed by atoms with E-state index in [1.807, 2.05) is 0 Å². The molecule has 0 spiro atoms. The van der Waals surface area contributed by atoms with Gasteiger partial charge in [0.1, 0.15) is 5.75 Å². The van der Waals surface area contributed by atoms with Gasteiger partial charge >= 0.3 is 12.0 Å². The van der Waals surface area contributed by atoms with E-state index in [4.69, 9.17) is 32.7 Å². The van der Waals surface area contributed by atoms with Crippen LogP contribution in [0.25, 0.3) is 0 Å². The highest BCUT2D eigenvalue weighted by Gasteiger charge is 2.10. The van der Waals surface area contributed by atoms with Crippen molar-refractivity contribution in [2.45, 2.75) is 0 Å². The molecule has 0 unspecified atom stereocenters. The first-order valence-electron chi connectivity index (χ1n) is 5.23. The maximum atomic E-state index is 6.00. The van der Waals surface area contributed by atoms with E-state index in [0.717, 1.165) is 0 Å². The number of nitrogens with zero attached hydrogens (tertiary/aromatic N) is 3. The molecule has 1 aromatic heterocycles. The van der Waals surface area contributed by atoms with Crippen molar-refractivity contribution in [1.82, 2.24) is 15.0 Å². The Bertz CT molecular complexity index is 573. The number of nitrogens with one attached hydrogen (secondary N) is 1. The van der Waals surface area contributed by atoms with Gasteiger partial charge in [0.25, 0.3) is 0 Å². The van der Waals surface area contributed by atoms with Gasteiger partial charge in [0.15, 0.2) is 0 Å². The van der Waals surface area contributed by atoms with E-state index in [-0.39, 0.29) is 12.0 Å². The summed E-state index contributed by atoms with van der Waals surface area (Å²) in [6, 6.07) is 5.05. The van der Waals surface area contributed by atoms with Crippen LogP contribution in [-0.2, 0) is 0 Å². The lowest BCUT2D eigenvalue weighted by Crippen LogP contribution is -2.03. The fourth-order valence-electron chi connectivity index (χ4n) is 1.24. The van der Waals surface area contributed by atoms with Crippen molar-refractivity contribution in [3.63, 3.8) is 0 Å². The summed E-state index contributed by atoms with van der Waals surface area (Å²) >= 11 is 11.8. The highest BCUT2D eigenvalue weighted by atomic mass is 35.5. The minimum absolute atomic E-state index is 0.0698. The summed E-state index contributed by atoms with van der Waals surface area (Å²) < 4.78 is 10.4. The van der Waals surface area contributed by atoms with Crippen LogP contribution in [0.15, 0.2) is 18.2 Å². The fourth-order valence-corrected chi connectivity index (χ4v) is 1.69. The van der Waals surface area contributed by atoms with Crippen LogP contribution in [0.2, 0.25) is 10.0 Å². The molecular formula is C11H10Cl2N4O2. The Morgan fingerprint density at radius 1 is 1.11 bits per heavy atom. The average molecular weight is 301 g/mol. The van der Waals surface area contributed by atoms with Crippen molar-refractivity contribution in [2.24, 2.45) is 0 Å². The summed E-state index contributed by atoms with van der Waals surface area (Å²) in [7, 11) is 3.13. The summed E-state index contributed by atoms with van der Waals surface area (Å²) in [6.07, 6.45) is 0. The first-order valence-corrected chi connectivity index (χ1v) is 5.98. The lowest BCUT2D eigenvalue weighted by Gasteiger charge is -2.08. The Balaban J connectivity index is 2.31. The van der Waals surface area contributed by atoms with Crippen molar-refractivity contribution in [3.05, 3.63) is 28.2 Å². The predicted molar refractivity (Wildman–Crippen MR) is 72.5 cm³/mol. The molecule has 0 amide bonds. The van der Waals surface area contributed by atoms with Crippen LogP contribution in [0.3, 0.4) is 0 Å². The van der Waals surface area contributed by atoms with Gasteiger partial charge in [-0.05, 0) is 18.2 Å². The van der Waals surface area contributed by atoms with Crippen LogP contribution in [0.5, 0.6) is 17.8 Å². The van der Waals surface area contributed by atoms with Gasteiger partial charge in [-0.25, -0.2) is 0 Å². The highest BCUT2D eigenvalue weighted by Crippen LogP contribution is 2.30. The molecule has 0 saturated heterocycles. The monoisotopic (exact) mass is 300 g/mol. The average Bonchev–Trinajstić information content (AvgIpc) is 2.41. The summed E-state index contributed by atoms with van der Waals surface area (Å²) in [4.78, 5) is 12.0. The van der Waals surface area contributed by atoms with E-state index in [1.165, 1.54) is 7.11 Å². The van der Waals surface area contributed by atoms with Gasteiger partial charge in [-0.1, -0.05) is 23.2 Å². The molecule has 19 heavy (non-hydrogen) atoms. The lowest BCUT2D eigenvalue weighted by atomic mass is 10.3. The smallest absolute Gasteiger partial charge is 0.330 e. The number of halogens is 2. The standard InChI is InChI=1S/C11H10Cl2N4O2/c1-14-9-15-10(18-2)17-11(16-9)19-8-4-3-6(12)5-7(8)13/h3-5H,1-2H3,(H,14,15,16,17). The molecule has 8 heteroatoms. The second-order valence-corrected chi connectivity index (χ2v) is 4.20. The Kier molecular flexibility index (Phi) is 4.24. The minimum Gasteiger partial charge on any atom is -0.467 e. The fraction of sp³-hybridized carbons (Fsp3) is 0.182. The van der Waals surface area contributed by atoms with Crippen LogP contribution in [-0.4, -0.2) is 29.1 Å². The van der Waals surface area contributed by atoms with Crippen molar-refractivity contribution in [1.29, 1.82) is 0 Å². The normalized spacial score (nSPS) is 10.1. The number of rotatable bonds is 4. The molecule has 6 nitrogen and oxygen atoms in total. The minimum atomic E-state index is 0.0698. The lowest BCUT2D eigenvalue weighted by molar-refractivity contribution is 0.360. The summed E-state index contributed by atoms with van der Waals surface area (Å²) in [5.41, 5.74) is 0. The first-order chi connectivity index (χ1) is 9.12. The molecule has 0 saturated carbocycles. The molecule has 1 N–H and O–H groups in total. The van der Waals surface area contributed by atoms with Crippen molar-refractivity contribution < 1.29 is 9.47 Å². The number of methoxy groups -OCH3 is 1. The summed E-state index contributed by atoms with van der Waals surface area (Å²) in [6.45, 7) is 0. The van der Waals surface area contributed by atoms with E-state index in [1.54, 1.807) is 25.2 Å². The van der Waals surface area contributed by atoms with E-state index < -0.39 is 0 Å². The van der Waals surface area contributed by atoms with Crippen LogP contribution in [0.4, 0.5) is 5.95 Å². The SMILES string of the molecule is CNc1nc(OC)nc(Oc2ccc(Cl)cc2Cl)n1. The number of hydrogen-bond donors (Lipinski definition) is 1. The van der Waals surface area contributed by atoms with Gasteiger partial charge in [0.05, 0.1) is 12.1 Å². The quantitative estimate of drug-likeness (QED) is 0.936. The number of hydrogen-bond acceptors (Lipinski definition) is 6. The molecule has 100 valence electrons. The molecule has 0 aliphatic rings. The van der Waals surface area contributed by atoms with Gasteiger partial charge in [-0.15, -0.1) is 4.98 Å². The molecule has 2 rings (SSSR count). The van der Waals surface area contributed by atoms with E-state index in [2.05, 4.69) is 20.3 Å². The summed E-state index contributed by atoms with van der Waals surface area (Å²) in [5, 5.41) is 3.65. The molecule has 1 aromatic carbocycles. The Morgan fingerprint density at radius 2 is 1.84 bits per heavy atom. The van der Waals surface area contributed by atoms with E-state index in [9.17, 15) is 0 Å². The predicted octanol–water partition coefficient (Wildman–Crippen LogP) is 3.02. The van der Waals surface area contributed by atoms with Gasteiger partial charge in [-0.2, -0.15) is 9.97 Å². The zero-order valence-electron chi connectivity index (χ0n) is 10.1. The van der Waals surface area contributed by atoms with E-state index >= 15 is 0 Å². The van der Waals surface area contributed by atoms with Crippen LogP contribution in [0, 0.1) is 0 Å². The number of benzene rings is 1. The molecule has 2 aromatic rings. The maximum Gasteiger partial charge on any atom is 0.330 e. The van der Waals surface area contributed by atoms with Gasteiger partial charge in [0, 0.05) is 12.1 Å². The number of ether oxygens (including phenoxy) is 2. The maximum absolute atomic E-state index is 6.00. The third kappa shape index (κ3) is 3.36. The number of anilines is 1. The number of aromatic nitrogens is 3. The molecule has 0 aliphatic heterocycles. The zero-order chi connectivity index (χ0) is 13.8. The van der Waals surface area contributed by atoms with Crippen molar-refractivity contribution in [2.75, 3.05) is 19.5 Å². The highest BCUT2D eigenvalue weighted by molar-refractivity contribution is 6.35. The van der Waals surface area contributed by atoms with Crippen molar-refractivity contribution in [3.8, 4) is 17.8 Å². The third-order valence-electron chi connectivity index (χ3n) is 2.10. The third-order valence-corrected chi connectivity index (χ3v) is 2.63. The molecule has 0 bridgehead atoms. The second-order valence-electron chi connectivity index (χ2n) is 3.36. The van der Waals surface area contributed by atoms with Crippen LogP contribution >= 0.6 is 23.2 Å². The second kappa shape index (κ2) is 5.90. The van der Waals surface area contributed by atoms with Crippen LogP contribution < -0.4 is 14.8 Å². The Hall–Kier alpha value is -1.79. The van der Waals surface area contributed by atoms with Gasteiger partial charge in [-0.3, -0.25) is 0 Å². The van der Waals surface area contributed by atoms with Crippen molar-refractivity contribution >= 4 is 29.2 Å². The molecule has 0 fully saturated rings. The molecule has 0 radical (unpaired) electrons. The topological polar surface area (TPSA) is 69.2 Å². The van der Waals surface area contributed by atoms with E-state index in [0.29, 0.717) is 21.7 Å². The van der Waals surface area contributed by atoms with Gasteiger partial charge < -0.3 is 14.8 Å². The Morgan fingerprint density at radius 3 is 2.47 bits per heavy atom. The molecule has 0 aliphatic carbocycles. The molecular weight excluding hydrogens is 291 g/mol. The largest absolute Gasteiger partial charge is 0.467 e. The van der Waals surface area contributed by atoms with Crippen LogP contribution in [0.1, 0.15) is 0 Å². The molecule has 1 heterocycles.